The van der Waals surface area contributed by atoms with Crippen LogP contribution >= 0.6 is 0 Å². The fraction of sp³-hybridized carbons (Fsp3) is 0.952. The second-order valence-corrected chi connectivity index (χ2v) is 7.13. The van der Waals surface area contributed by atoms with Gasteiger partial charge in [-0.2, -0.15) is 0 Å². The van der Waals surface area contributed by atoms with Crippen molar-refractivity contribution in [1.82, 2.24) is 5.32 Å². The van der Waals surface area contributed by atoms with Crippen LogP contribution in [-0.4, -0.2) is 44.2 Å². The first-order valence-corrected chi connectivity index (χ1v) is 10.8. The minimum atomic E-state index is -0.582. The summed E-state index contributed by atoms with van der Waals surface area (Å²) in [6, 6.07) is 0. The molecule has 0 radical (unpaired) electrons. The number of nitrogens with one attached hydrogen (secondary N) is 1. The van der Waals surface area contributed by atoms with E-state index in [1.54, 1.807) is 0 Å². The van der Waals surface area contributed by atoms with Gasteiger partial charge in [0.05, 0.1) is 13.2 Å². The van der Waals surface area contributed by atoms with E-state index in [4.69, 9.17) is 14.6 Å². The van der Waals surface area contributed by atoms with Gasteiger partial charge in [-0.05, 0) is 6.42 Å². The molecule has 0 aliphatic heterocycles. The number of carbonyl (C=O) groups excluding carboxylic acids is 1. The molecular formula is C21H43NO4. The SMILES string of the molecule is CCCCCCCCCCCCCCCCOCC(CO)OC(=O)NC. The Hall–Kier alpha value is -0.810. The van der Waals surface area contributed by atoms with E-state index in [2.05, 4.69) is 12.2 Å². The minimum Gasteiger partial charge on any atom is -0.441 e. The van der Waals surface area contributed by atoms with Crippen LogP contribution in [0.4, 0.5) is 4.79 Å². The van der Waals surface area contributed by atoms with Gasteiger partial charge >= 0.3 is 6.09 Å². The maximum Gasteiger partial charge on any atom is 0.407 e. The Kier molecular flexibility index (Phi) is 19.9. The summed E-state index contributed by atoms with van der Waals surface area (Å²) in [6.45, 7) is 2.96. The molecule has 0 heterocycles. The van der Waals surface area contributed by atoms with Crippen LogP contribution in [0.2, 0.25) is 0 Å². The summed E-state index contributed by atoms with van der Waals surface area (Å²) < 4.78 is 10.4. The number of hydrogen-bond acceptors (Lipinski definition) is 4. The third-order valence-electron chi connectivity index (χ3n) is 4.63. The van der Waals surface area contributed by atoms with Gasteiger partial charge in [0, 0.05) is 13.7 Å². The van der Waals surface area contributed by atoms with Crippen LogP contribution in [0.15, 0.2) is 0 Å². The molecule has 1 atom stereocenters. The smallest absolute Gasteiger partial charge is 0.407 e. The third kappa shape index (κ3) is 18.0. The van der Waals surface area contributed by atoms with Crippen LogP contribution in [0.5, 0.6) is 0 Å². The zero-order chi connectivity index (χ0) is 19.3. The van der Waals surface area contributed by atoms with Crippen molar-refractivity contribution in [2.75, 3.05) is 26.9 Å². The van der Waals surface area contributed by atoms with E-state index in [-0.39, 0.29) is 13.2 Å². The van der Waals surface area contributed by atoms with Gasteiger partial charge in [-0.25, -0.2) is 4.79 Å². The van der Waals surface area contributed by atoms with Crippen LogP contribution in [0.25, 0.3) is 0 Å². The summed E-state index contributed by atoms with van der Waals surface area (Å²) in [5.41, 5.74) is 0. The first-order chi connectivity index (χ1) is 12.7. The topological polar surface area (TPSA) is 67.8 Å². The van der Waals surface area contributed by atoms with Crippen molar-refractivity contribution >= 4 is 6.09 Å². The zero-order valence-electron chi connectivity index (χ0n) is 17.3. The molecule has 2 N–H and O–H groups in total. The lowest BCUT2D eigenvalue weighted by molar-refractivity contribution is -0.00703. The van der Waals surface area contributed by atoms with Gasteiger partial charge in [0.15, 0.2) is 0 Å². The second-order valence-electron chi connectivity index (χ2n) is 7.13. The molecule has 0 aromatic carbocycles. The molecule has 0 saturated heterocycles. The highest BCUT2D eigenvalue weighted by Crippen LogP contribution is 2.13. The summed E-state index contributed by atoms with van der Waals surface area (Å²) in [6.07, 6.45) is 17.6. The average Bonchev–Trinajstić information content (AvgIpc) is 2.66. The van der Waals surface area contributed by atoms with E-state index in [1.165, 1.54) is 90.5 Å². The van der Waals surface area contributed by atoms with E-state index >= 15 is 0 Å². The van der Waals surface area contributed by atoms with Crippen LogP contribution in [0.1, 0.15) is 96.8 Å². The lowest BCUT2D eigenvalue weighted by Crippen LogP contribution is -2.31. The van der Waals surface area contributed by atoms with E-state index in [9.17, 15) is 4.79 Å². The van der Waals surface area contributed by atoms with Gasteiger partial charge in [-0.3, -0.25) is 0 Å². The molecule has 26 heavy (non-hydrogen) atoms. The Balaban J connectivity index is 3.20. The maximum absolute atomic E-state index is 11.1. The maximum atomic E-state index is 11.1. The Morgan fingerprint density at radius 1 is 0.846 bits per heavy atom. The normalized spacial score (nSPS) is 12.1. The molecule has 156 valence electrons. The number of aliphatic hydroxyl groups is 1. The molecule has 0 aromatic rings. The molecule has 0 fully saturated rings. The van der Waals surface area contributed by atoms with E-state index in [0.29, 0.717) is 6.61 Å². The fourth-order valence-electron chi connectivity index (χ4n) is 2.95. The average molecular weight is 374 g/mol. The first kappa shape index (κ1) is 25.2. The Morgan fingerprint density at radius 3 is 1.73 bits per heavy atom. The molecule has 1 amide bonds. The molecule has 0 bridgehead atoms. The number of amides is 1. The van der Waals surface area contributed by atoms with Crippen LogP contribution < -0.4 is 5.32 Å². The monoisotopic (exact) mass is 373 g/mol. The summed E-state index contributed by atoms with van der Waals surface area (Å²) in [5, 5.41) is 11.5. The molecule has 0 rings (SSSR count). The number of rotatable bonds is 19. The zero-order valence-corrected chi connectivity index (χ0v) is 17.3. The van der Waals surface area contributed by atoms with Crippen molar-refractivity contribution in [1.29, 1.82) is 0 Å². The van der Waals surface area contributed by atoms with Gasteiger partial charge < -0.3 is 19.9 Å². The molecule has 5 heteroatoms. The molecule has 0 saturated carbocycles. The van der Waals surface area contributed by atoms with Crippen LogP contribution in [-0.2, 0) is 9.47 Å². The standard InChI is InChI=1S/C21H43NO4/c1-3-4-5-6-7-8-9-10-11-12-13-14-15-16-17-25-19-20(18-23)26-21(24)22-2/h20,23H,3-19H2,1-2H3,(H,22,24). The van der Waals surface area contributed by atoms with Crippen molar-refractivity contribution in [3.05, 3.63) is 0 Å². The van der Waals surface area contributed by atoms with Crippen LogP contribution in [0.3, 0.4) is 0 Å². The summed E-state index contributed by atoms with van der Waals surface area (Å²) >= 11 is 0. The Morgan fingerprint density at radius 2 is 1.31 bits per heavy atom. The van der Waals surface area contributed by atoms with Gasteiger partial charge in [0.1, 0.15) is 6.10 Å². The number of carbonyl (C=O) groups is 1. The lowest BCUT2D eigenvalue weighted by Gasteiger charge is -2.15. The van der Waals surface area contributed by atoms with E-state index < -0.39 is 12.2 Å². The predicted molar refractivity (Wildman–Crippen MR) is 108 cm³/mol. The Labute approximate surface area is 161 Å². The highest BCUT2D eigenvalue weighted by atomic mass is 16.6. The van der Waals surface area contributed by atoms with Gasteiger partial charge in [-0.1, -0.05) is 90.4 Å². The summed E-state index contributed by atoms with van der Waals surface area (Å²) in [7, 11) is 1.49. The molecule has 0 spiro atoms. The number of alkyl carbamates (subject to hydrolysis) is 1. The quantitative estimate of drug-likeness (QED) is 0.305. The number of unbranched alkanes of at least 4 members (excludes halogenated alkanes) is 13. The first-order valence-electron chi connectivity index (χ1n) is 10.8. The fourth-order valence-corrected chi connectivity index (χ4v) is 2.95. The molecular weight excluding hydrogens is 330 g/mol. The van der Waals surface area contributed by atoms with Crippen LogP contribution in [0, 0.1) is 0 Å². The number of ether oxygens (including phenoxy) is 2. The molecule has 0 aliphatic rings. The van der Waals surface area contributed by atoms with Crippen molar-refractivity contribution in [2.24, 2.45) is 0 Å². The van der Waals surface area contributed by atoms with E-state index in [1.807, 2.05) is 0 Å². The van der Waals surface area contributed by atoms with Gasteiger partial charge in [-0.15, -0.1) is 0 Å². The largest absolute Gasteiger partial charge is 0.441 e. The Bertz CT molecular complexity index is 300. The lowest BCUT2D eigenvalue weighted by atomic mass is 10.0. The highest BCUT2D eigenvalue weighted by molar-refractivity contribution is 5.66. The number of aliphatic hydroxyl groups excluding tert-OH is 1. The molecule has 0 aromatic heterocycles. The molecule has 0 aliphatic carbocycles. The van der Waals surface area contributed by atoms with Crippen molar-refractivity contribution in [3.8, 4) is 0 Å². The predicted octanol–water partition coefficient (Wildman–Crippen LogP) is 5.20. The van der Waals surface area contributed by atoms with E-state index in [0.717, 1.165) is 6.42 Å². The second kappa shape index (κ2) is 20.5. The van der Waals surface area contributed by atoms with Gasteiger partial charge in [0.2, 0.25) is 0 Å². The highest BCUT2D eigenvalue weighted by Gasteiger charge is 2.12. The molecule has 5 nitrogen and oxygen atoms in total. The third-order valence-corrected chi connectivity index (χ3v) is 4.63. The minimum absolute atomic E-state index is 0.216. The summed E-state index contributed by atoms with van der Waals surface area (Å²) in [4.78, 5) is 11.1. The van der Waals surface area contributed by atoms with Crippen molar-refractivity contribution < 1.29 is 19.4 Å². The number of hydrogen-bond donors (Lipinski definition) is 2. The van der Waals surface area contributed by atoms with Crippen molar-refractivity contribution in [3.63, 3.8) is 0 Å². The van der Waals surface area contributed by atoms with Gasteiger partial charge in [0.25, 0.3) is 0 Å². The van der Waals surface area contributed by atoms with Crippen molar-refractivity contribution in [2.45, 2.75) is 103 Å². The summed E-state index contributed by atoms with van der Waals surface area (Å²) in [5.74, 6) is 0. The molecule has 1 unspecified atom stereocenters.